The predicted molar refractivity (Wildman–Crippen MR) is 124 cm³/mol. The van der Waals surface area contributed by atoms with Crippen molar-refractivity contribution >= 4 is 29.9 Å². The van der Waals surface area contributed by atoms with Crippen LogP contribution >= 0.6 is 24.0 Å². The molecule has 2 aromatic carbocycles. The van der Waals surface area contributed by atoms with Crippen molar-refractivity contribution in [2.75, 3.05) is 20.8 Å². The van der Waals surface area contributed by atoms with Crippen molar-refractivity contribution in [2.24, 2.45) is 10.7 Å². The van der Waals surface area contributed by atoms with Crippen LogP contribution in [0.2, 0.25) is 0 Å². The standard InChI is InChI=1S/C21H23FN4O3.HI/c1-27-18-8-3-14(11-19(18)28-2)12-25-21(23)24-10-9-17-13-29-20(26-17)15-4-6-16(22)7-5-15;/h3-8,11,13H,9-10,12H2,1-2H3,(H3,23,24,25);1H. The van der Waals surface area contributed by atoms with Crippen molar-refractivity contribution in [3.8, 4) is 23.0 Å². The largest absolute Gasteiger partial charge is 0.493 e. The van der Waals surface area contributed by atoms with Gasteiger partial charge in [-0.2, -0.15) is 0 Å². The van der Waals surface area contributed by atoms with Crippen LogP contribution in [-0.4, -0.2) is 31.7 Å². The fraction of sp³-hybridized carbons (Fsp3) is 0.238. The first-order chi connectivity index (χ1) is 14.1. The van der Waals surface area contributed by atoms with E-state index in [1.54, 1.807) is 32.6 Å². The van der Waals surface area contributed by atoms with Gasteiger partial charge in [0.1, 0.15) is 12.1 Å². The summed E-state index contributed by atoms with van der Waals surface area (Å²) in [5.41, 5.74) is 8.37. The molecule has 3 aromatic rings. The van der Waals surface area contributed by atoms with Crippen LogP contribution < -0.4 is 20.5 Å². The lowest BCUT2D eigenvalue weighted by molar-refractivity contribution is 0.354. The first-order valence-electron chi connectivity index (χ1n) is 9.04. The number of methoxy groups -OCH3 is 2. The molecule has 0 fully saturated rings. The van der Waals surface area contributed by atoms with Gasteiger partial charge in [0.05, 0.1) is 26.5 Å². The summed E-state index contributed by atoms with van der Waals surface area (Å²) in [7, 11) is 3.18. The van der Waals surface area contributed by atoms with Gasteiger partial charge in [-0.15, -0.1) is 24.0 Å². The van der Waals surface area contributed by atoms with Crippen LogP contribution in [0.25, 0.3) is 11.5 Å². The minimum Gasteiger partial charge on any atom is -0.493 e. The van der Waals surface area contributed by atoms with E-state index in [2.05, 4.69) is 15.3 Å². The summed E-state index contributed by atoms with van der Waals surface area (Å²) >= 11 is 0. The molecule has 0 atom stereocenters. The molecule has 1 heterocycles. The zero-order valence-electron chi connectivity index (χ0n) is 16.7. The topological polar surface area (TPSA) is 94.9 Å². The Morgan fingerprint density at radius 1 is 1.13 bits per heavy atom. The van der Waals surface area contributed by atoms with Crippen LogP contribution in [-0.2, 0) is 13.0 Å². The van der Waals surface area contributed by atoms with Crippen molar-refractivity contribution in [3.63, 3.8) is 0 Å². The van der Waals surface area contributed by atoms with Gasteiger partial charge in [-0.25, -0.2) is 14.4 Å². The van der Waals surface area contributed by atoms with E-state index in [-0.39, 0.29) is 29.8 Å². The fourth-order valence-corrected chi connectivity index (χ4v) is 2.68. The molecule has 0 saturated heterocycles. The van der Waals surface area contributed by atoms with Crippen LogP contribution in [0.5, 0.6) is 11.5 Å². The molecule has 3 rings (SSSR count). The van der Waals surface area contributed by atoms with Gasteiger partial charge in [0.2, 0.25) is 5.89 Å². The summed E-state index contributed by atoms with van der Waals surface area (Å²) in [5.74, 6) is 1.80. The van der Waals surface area contributed by atoms with Crippen molar-refractivity contribution in [1.82, 2.24) is 10.3 Å². The van der Waals surface area contributed by atoms with E-state index in [1.807, 2.05) is 18.2 Å². The number of nitrogens with two attached hydrogens (primary N) is 1. The molecule has 0 radical (unpaired) electrons. The maximum absolute atomic E-state index is 13.0. The third kappa shape index (κ3) is 6.34. The number of halogens is 2. The average molecular weight is 526 g/mol. The highest BCUT2D eigenvalue weighted by Crippen LogP contribution is 2.27. The number of guanidine groups is 1. The van der Waals surface area contributed by atoms with Crippen molar-refractivity contribution in [1.29, 1.82) is 0 Å². The number of hydrogen-bond donors (Lipinski definition) is 2. The second-order valence-corrected chi connectivity index (χ2v) is 6.22. The van der Waals surface area contributed by atoms with Gasteiger partial charge < -0.3 is 24.9 Å². The molecule has 30 heavy (non-hydrogen) atoms. The van der Waals surface area contributed by atoms with Gasteiger partial charge in [-0.1, -0.05) is 6.07 Å². The second-order valence-electron chi connectivity index (χ2n) is 6.22. The third-order valence-corrected chi connectivity index (χ3v) is 4.21. The van der Waals surface area contributed by atoms with E-state index in [4.69, 9.17) is 19.6 Å². The minimum absolute atomic E-state index is 0. The first-order valence-corrected chi connectivity index (χ1v) is 9.04. The quantitative estimate of drug-likeness (QED) is 0.264. The van der Waals surface area contributed by atoms with Gasteiger partial charge in [0.25, 0.3) is 0 Å². The first kappa shape index (κ1) is 23.5. The van der Waals surface area contributed by atoms with E-state index in [0.29, 0.717) is 42.9 Å². The predicted octanol–water partition coefficient (Wildman–Crippen LogP) is 3.76. The minimum atomic E-state index is -0.299. The highest BCUT2D eigenvalue weighted by Gasteiger charge is 2.07. The van der Waals surface area contributed by atoms with E-state index < -0.39 is 0 Å². The summed E-state index contributed by atoms with van der Waals surface area (Å²) in [5, 5.41) is 3.05. The zero-order chi connectivity index (χ0) is 20.6. The van der Waals surface area contributed by atoms with E-state index in [0.717, 1.165) is 16.8 Å². The second kappa shape index (κ2) is 11.4. The summed E-state index contributed by atoms with van der Waals surface area (Å²) in [6.07, 6.45) is 2.19. The molecule has 0 bridgehead atoms. The Labute approximate surface area is 191 Å². The maximum Gasteiger partial charge on any atom is 0.226 e. The van der Waals surface area contributed by atoms with E-state index in [1.165, 1.54) is 12.1 Å². The molecule has 9 heteroatoms. The van der Waals surface area contributed by atoms with Gasteiger partial charge >= 0.3 is 0 Å². The third-order valence-electron chi connectivity index (χ3n) is 4.21. The lowest BCUT2D eigenvalue weighted by Crippen LogP contribution is -2.33. The Bertz CT molecular complexity index is 977. The van der Waals surface area contributed by atoms with Crippen LogP contribution in [0.3, 0.4) is 0 Å². The number of aromatic nitrogens is 1. The van der Waals surface area contributed by atoms with Gasteiger partial charge in [0.15, 0.2) is 17.5 Å². The normalized spacial score (nSPS) is 11.0. The van der Waals surface area contributed by atoms with Crippen molar-refractivity contribution in [3.05, 3.63) is 65.8 Å². The Morgan fingerprint density at radius 2 is 1.87 bits per heavy atom. The molecule has 0 spiro atoms. The fourth-order valence-electron chi connectivity index (χ4n) is 2.68. The van der Waals surface area contributed by atoms with Crippen LogP contribution in [0.1, 0.15) is 11.3 Å². The lowest BCUT2D eigenvalue weighted by atomic mass is 10.2. The van der Waals surface area contributed by atoms with Crippen molar-refractivity contribution < 1.29 is 18.3 Å². The molecular formula is C21H24FIN4O3. The van der Waals surface area contributed by atoms with Crippen molar-refractivity contribution in [2.45, 2.75) is 13.0 Å². The molecule has 0 unspecified atom stereocenters. The van der Waals surface area contributed by atoms with Crippen LogP contribution in [0.15, 0.2) is 58.1 Å². The highest BCUT2D eigenvalue weighted by molar-refractivity contribution is 14.0. The Kier molecular flexibility index (Phi) is 8.90. The summed E-state index contributed by atoms with van der Waals surface area (Å²) in [6.45, 7) is 0.967. The Hall–Kier alpha value is -2.82. The number of nitrogens with one attached hydrogen (secondary N) is 1. The maximum atomic E-state index is 13.0. The number of benzene rings is 2. The van der Waals surface area contributed by atoms with Gasteiger partial charge in [0, 0.05) is 18.5 Å². The molecule has 0 aliphatic rings. The monoisotopic (exact) mass is 526 g/mol. The molecule has 3 N–H and O–H groups in total. The summed E-state index contributed by atoms with van der Waals surface area (Å²) < 4.78 is 28.9. The van der Waals surface area contributed by atoms with Gasteiger partial charge in [-0.3, -0.25) is 0 Å². The molecule has 7 nitrogen and oxygen atoms in total. The lowest BCUT2D eigenvalue weighted by Gasteiger charge is -2.09. The van der Waals surface area contributed by atoms with Crippen LogP contribution in [0, 0.1) is 5.82 Å². The zero-order valence-corrected chi connectivity index (χ0v) is 19.1. The molecular weight excluding hydrogens is 502 g/mol. The number of ether oxygens (including phenoxy) is 2. The molecule has 160 valence electrons. The number of nitrogens with zero attached hydrogens (tertiary/aromatic N) is 2. The smallest absolute Gasteiger partial charge is 0.226 e. The number of rotatable bonds is 8. The molecule has 0 aliphatic heterocycles. The van der Waals surface area contributed by atoms with E-state index in [9.17, 15) is 4.39 Å². The Morgan fingerprint density at radius 3 is 2.57 bits per heavy atom. The Balaban J connectivity index is 0.00000320. The number of oxazole rings is 1. The summed E-state index contributed by atoms with van der Waals surface area (Å²) in [4.78, 5) is 8.73. The molecule has 0 aliphatic carbocycles. The molecule has 1 aromatic heterocycles. The average Bonchev–Trinajstić information content (AvgIpc) is 3.21. The molecule has 0 amide bonds. The SMILES string of the molecule is COc1ccc(CN=C(N)NCCc2coc(-c3ccc(F)cc3)n2)cc1OC.I. The van der Waals surface area contributed by atoms with Crippen LogP contribution in [0.4, 0.5) is 4.39 Å². The van der Waals surface area contributed by atoms with E-state index >= 15 is 0 Å². The number of aliphatic imine (C=N–C) groups is 1. The molecule has 0 saturated carbocycles. The highest BCUT2D eigenvalue weighted by atomic mass is 127. The number of hydrogen-bond acceptors (Lipinski definition) is 5. The van der Waals surface area contributed by atoms with Gasteiger partial charge in [-0.05, 0) is 42.0 Å². The summed E-state index contributed by atoms with van der Waals surface area (Å²) in [6, 6.07) is 11.6.